The molecule has 0 radical (unpaired) electrons. The molecule has 0 fully saturated rings. The van der Waals surface area contributed by atoms with Crippen LogP contribution in [0.3, 0.4) is 0 Å². The molecule has 2 amide bonds. The summed E-state index contributed by atoms with van der Waals surface area (Å²) in [4.78, 5) is 28.9. The first-order valence-corrected chi connectivity index (χ1v) is 6.46. The van der Waals surface area contributed by atoms with Crippen LogP contribution in [-0.2, 0) is 6.54 Å². The third-order valence-corrected chi connectivity index (χ3v) is 3.08. The number of aryl methyl sites for hydroxylation is 1. The van der Waals surface area contributed by atoms with Crippen LogP contribution in [0.1, 0.15) is 11.1 Å². The summed E-state index contributed by atoms with van der Waals surface area (Å²) in [5.41, 5.74) is 2.17. The molecule has 6 nitrogen and oxygen atoms in total. The van der Waals surface area contributed by atoms with Crippen LogP contribution >= 0.6 is 0 Å². The lowest BCUT2D eigenvalue weighted by Crippen LogP contribution is -2.37. The average molecular weight is 284 g/mol. The zero-order chi connectivity index (χ0) is 15.2. The molecule has 0 aliphatic rings. The molecule has 21 heavy (non-hydrogen) atoms. The second kappa shape index (κ2) is 6.60. The van der Waals surface area contributed by atoms with Crippen molar-refractivity contribution in [3.05, 3.63) is 64.8 Å². The van der Waals surface area contributed by atoms with Crippen molar-refractivity contribution in [3.8, 4) is 0 Å². The van der Waals surface area contributed by atoms with Crippen LogP contribution in [0, 0.1) is 11.8 Å². The molecule has 0 aliphatic carbocycles. The predicted octanol–water partition coefficient (Wildman–Crippen LogP) is 3.13. The number of amides is 2. The maximum Gasteiger partial charge on any atom is 0.347 e. The van der Waals surface area contributed by atoms with Gasteiger partial charge in [-0.15, -0.1) is 9.92 Å². The smallest absolute Gasteiger partial charge is 0.321 e. The molecule has 1 heterocycles. The lowest BCUT2D eigenvalue weighted by molar-refractivity contribution is 0.213. The van der Waals surface area contributed by atoms with Crippen LogP contribution in [0.15, 0.2) is 54.1 Å². The fourth-order valence-electron chi connectivity index (χ4n) is 1.98. The molecular weight excluding hydrogens is 268 g/mol. The first kappa shape index (κ1) is 14.6. The Morgan fingerprint density at radius 2 is 2.00 bits per heavy atom. The molecule has 0 aliphatic heterocycles. The summed E-state index contributed by atoms with van der Waals surface area (Å²) in [5.74, 6) is 0. The zero-order valence-corrected chi connectivity index (χ0v) is 11.9. The van der Waals surface area contributed by atoms with E-state index in [0.717, 1.165) is 16.1 Å². The molecule has 0 atom stereocenters. The minimum atomic E-state index is -0.483. The van der Waals surface area contributed by atoms with E-state index in [1.165, 1.54) is 4.90 Å². The average Bonchev–Trinajstić information content (AvgIpc) is 2.50. The van der Waals surface area contributed by atoms with E-state index in [1.54, 1.807) is 37.6 Å². The molecule has 0 unspecified atom stereocenters. The van der Waals surface area contributed by atoms with E-state index in [-0.39, 0.29) is 0 Å². The molecule has 6 heteroatoms. The molecule has 2 aromatic rings. The molecule has 0 saturated carbocycles. The Hall–Kier alpha value is -2.76. The number of aromatic nitrogens is 1. The molecule has 1 aromatic heterocycles. The highest BCUT2D eigenvalue weighted by Gasteiger charge is 2.22. The second-order valence-electron chi connectivity index (χ2n) is 4.68. The molecule has 0 saturated heterocycles. The molecular formula is C15H16N4O2. The van der Waals surface area contributed by atoms with Crippen molar-refractivity contribution in [1.82, 2.24) is 9.88 Å². The van der Waals surface area contributed by atoms with Crippen molar-refractivity contribution in [2.75, 3.05) is 12.1 Å². The molecule has 108 valence electrons. The van der Waals surface area contributed by atoms with Crippen molar-refractivity contribution in [3.63, 3.8) is 0 Å². The van der Waals surface area contributed by atoms with Crippen LogP contribution in [0.2, 0.25) is 0 Å². The number of urea groups is 1. The predicted molar refractivity (Wildman–Crippen MR) is 80.6 cm³/mol. The van der Waals surface area contributed by atoms with E-state index >= 15 is 0 Å². The summed E-state index contributed by atoms with van der Waals surface area (Å²) in [6.45, 7) is 2.17. The third-order valence-electron chi connectivity index (χ3n) is 3.08. The number of benzene rings is 1. The Labute approximate surface area is 123 Å². The van der Waals surface area contributed by atoms with Gasteiger partial charge in [-0.3, -0.25) is 4.98 Å². The van der Waals surface area contributed by atoms with Crippen molar-refractivity contribution < 1.29 is 4.79 Å². The summed E-state index contributed by atoms with van der Waals surface area (Å²) >= 11 is 0. The monoisotopic (exact) mass is 284 g/mol. The summed E-state index contributed by atoms with van der Waals surface area (Å²) in [5, 5.41) is 3.72. The fraction of sp³-hybridized carbons (Fsp3) is 0.200. The number of hydrogen-bond acceptors (Lipinski definition) is 4. The summed E-state index contributed by atoms with van der Waals surface area (Å²) in [6.07, 6.45) is 3.34. The van der Waals surface area contributed by atoms with Crippen molar-refractivity contribution >= 4 is 11.7 Å². The number of carbonyl (C=O) groups is 1. The van der Waals surface area contributed by atoms with Crippen molar-refractivity contribution in [1.29, 1.82) is 0 Å². The highest BCUT2D eigenvalue weighted by atomic mass is 16.3. The number of pyridine rings is 1. The molecule has 1 aromatic carbocycles. The van der Waals surface area contributed by atoms with Gasteiger partial charge in [-0.25, -0.2) is 4.79 Å². The van der Waals surface area contributed by atoms with Gasteiger partial charge in [0.2, 0.25) is 0 Å². The molecule has 2 rings (SSSR count). The number of para-hydroxylation sites is 1. The molecule has 0 N–H and O–H groups in total. The zero-order valence-electron chi connectivity index (χ0n) is 11.9. The van der Waals surface area contributed by atoms with Crippen LogP contribution in [0.4, 0.5) is 10.5 Å². The van der Waals surface area contributed by atoms with Crippen LogP contribution in [0.25, 0.3) is 0 Å². The van der Waals surface area contributed by atoms with E-state index in [4.69, 9.17) is 0 Å². The number of rotatable bonds is 4. The standard InChI is InChI=1S/C15H16N4O2/c1-12-6-3-4-8-14(12)19(17-21)15(20)18(2)11-13-7-5-9-16-10-13/h3-10H,11H2,1-2H3. The number of hydrogen-bond donors (Lipinski definition) is 0. The normalized spacial score (nSPS) is 10.0. The van der Waals surface area contributed by atoms with Gasteiger partial charge in [0, 0.05) is 26.0 Å². The van der Waals surface area contributed by atoms with Crippen molar-refractivity contribution in [2.45, 2.75) is 13.5 Å². The lowest BCUT2D eigenvalue weighted by atomic mass is 10.2. The van der Waals surface area contributed by atoms with Gasteiger partial charge in [-0.1, -0.05) is 24.3 Å². The van der Waals surface area contributed by atoms with E-state index in [0.29, 0.717) is 12.2 Å². The van der Waals surface area contributed by atoms with Gasteiger partial charge < -0.3 is 4.90 Å². The number of anilines is 1. The van der Waals surface area contributed by atoms with Gasteiger partial charge in [0.1, 0.15) is 0 Å². The van der Waals surface area contributed by atoms with E-state index in [1.807, 2.05) is 25.1 Å². The topological polar surface area (TPSA) is 65.9 Å². The largest absolute Gasteiger partial charge is 0.347 e. The minimum absolute atomic E-state index is 0.352. The fourth-order valence-corrected chi connectivity index (χ4v) is 1.98. The molecule has 0 bridgehead atoms. The van der Waals surface area contributed by atoms with Gasteiger partial charge >= 0.3 is 6.03 Å². The van der Waals surface area contributed by atoms with Crippen LogP contribution < -0.4 is 5.01 Å². The summed E-state index contributed by atoms with van der Waals surface area (Å²) < 4.78 is 0. The van der Waals surface area contributed by atoms with Gasteiger partial charge in [0.25, 0.3) is 0 Å². The second-order valence-corrected chi connectivity index (χ2v) is 4.68. The highest BCUT2D eigenvalue weighted by Crippen LogP contribution is 2.21. The molecule has 0 spiro atoms. The quantitative estimate of drug-likeness (QED) is 0.640. The first-order valence-electron chi connectivity index (χ1n) is 6.46. The van der Waals surface area contributed by atoms with E-state index < -0.39 is 6.03 Å². The lowest BCUT2D eigenvalue weighted by Gasteiger charge is -2.23. The van der Waals surface area contributed by atoms with Gasteiger partial charge in [0.15, 0.2) is 0 Å². The van der Waals surface area contributed by atoms with Gasteiger partial charge in [-0.2, -0.15) is 0 Å². The number of nitrogens with zero attached hydrogens (tertiary/aromatic N) is 4. The van der Waals surface area contributed by atoms with Crippen LogP contribution in [0.5, 0.6) is 0 Å². The maximum atomic E-state index is 12.4. The van der Waals surface area contributed by atoms with E-state index in [2.05, 4.69) is 10.3 Å². The summed E-state index contributed by atoms with van der Waals surface area (Å²) in [6, 6.07) is 10.3. The maximum absolute atomic E-state index is 12.4. The van der Waals surface area contributed by atoms with Crippen molar-refractivity contribution in [2.24, 2.45) is 5.29 Å². The number of carbonyl (C=O) groups excluding carboxylic acids is 1. The minimum Gasteiger partial charge on any atom is -0.321 e. The van der Waals surface area contributed by atoms with Gasteiger partial charge in [-0.05, 0) is 30.2 Å². The first-order chi connectivity index (χ1) is 10.1. The third kappa shape index (κ3) is 3.42. The Bertz CT molecular complexity index is 631. The Morgan fingerprint density at radius 1 is 1.24 bits per heavy atom. The van der Waals surface area contributed by atoms with E-state index in [9.17, 15) is 9.70 Å². The van der Waals surface area contributed by atoms with Gasteiger partial charge in [0.05, 0.1) is 11.0 Å². The Morgan fingerprint density at radius 3 is 2.62 bits per heavy atom. The Balaban J connectivity index is 2.17. The highest BCUT2D eigenvalue weighted by molar-refractivity contribution is 5.91. The summed E-state index contributed by atoms with van der Waals surface area (Å²) in [7, 11) is 1.62. The van der Waals surface area contributed by atoms with Crippen LogP contribution in [-0.4, -0.2) is 23.0 Å². The number of nitroso groups, excluding NO2 is 1. The Kier molecular flexibility index (Phi) is 4.61. The SMILES string of the molecule is Cc1ccccc1N(N=O)C(=O)N(C)Cc1cccnc1.